The van der Waals surface area contributed by atoms with Crippen LogP contribution in [0.4, 0.5) is 9.18 Å². The second-order valence-electron chi connectivity index (χ2n) is 8.19. The lowest BCUT2D eigenvalue weighted by Gasteiger charge is -2.37. The zero-order chi connectivity index (χ0) is 27.5. The van der Waals surface area contributed by atoms with Crippen molar-refractivity contribution in [2.45, 2.75) is 45.8 Å². The Morgan fingerprint density at radius 3 is 2.48 bits per heavy atom. The predicted molar refractivity (Wildman–Crippen MR) is 121 cm³/mol. The third-order valence-corrected chi connectivity index (χ3v) is 5.00. The van der Waals surface area contributed by atoms with Crippen LogP contribution in [0.3, 0.4) is 0 Å². The van der Waals surface area contributed by atoms with Gasteiger partial charge in [-0.2, -0.15) is 0 Å². The zero-order valence-electron chi connectivity index (χ0n) is 24.3. The SMILES string of the molecule is [2H]c1c([2H])c(OCC(C)C)c([2H])c([2H])c1CNC(=O)N(C1CCN(C)CC1)C([2H])([2H])c1ccc(F)cc1. The van der Waals surface area contributed by atoms with E-state index in [-0.39, 0.29) is 60.1 Å². The lowest BCUT2D eigenvalue weighted by molar-refractivity contribution is 0.127. The smallest absolute Gasteiger partial charge is 0.318 e. The number of hydrogen-bond donors (Lipinski definition) is 1. The third-order valence-electron chi connectivity index (χ3n) is 5.00. The summed E-state index contributed by atoms with van der Waals surface area (Å²) in [5, 5.41) is 2.61. The lowest BCUT2D eigenvalue weighted by Crippen LogP contribution is -2.49. The first-order valence-corrected chi connectivity index (χ1v) is 10.6. The van der Waals surface area contributed by atoms with Crippen molar-refractivity contribution in [3.05, 3.63) is 65.4 Å². The fraction of sp³-hybridized carbons (Fsp3) is 0.480. The molecule has 1 fully saturated rings. The number of hydrogen-bond acceptors (Lipinski definition) is 3. The minimum Gasteiger partial charge on any atom is -0.493 e. The molecule has 1 N–H and O–H groups in total. The van der Waals surface area contributed by atoms with E-state index in [1.807, 2.05) is 20.9 Å². The number of nitrogens with one attached hydrogen (secondary N) is 1. The van der Waals surface area contributed by atoms with Crippen molar-refractivity contribution in [1.82, 2.24) is 15.1 Å². The molecule has 0 radical (unpaired) electrons. The lowest BCUT2D eigenvalue weighted by atomic mass is 10.0. The maximum atomic E-state index is 13.5. The maximum absolute atomic E-state index is 13.5. The van der Waals surface area contributed by atoms with Gasteiger partial charge in [-0.05, 0) is 74.2 Å². The van der Waals surface area contributed by atoms with Crippen LogP contribution in [0, 0.1) is 11.7 Å². The summed E-state index contributed by atoms with van der Waals surface area (Å²) >= 11 is 0. The average molecular weight is 434 g/mol. The molecule has 1 heterocycles. The molecule has 1 aliphatic heterocycles. The Hall–Kier alpha value is -2.60. The fourth-order valence-electron chi connectivity index (χ4n) is 3.21. The second-order valence-corrected chi connectivity index (χ2v) is 8.19. The highest BCUT2D eigenvalue weighted by Crippen LogP contribution is 2.19. The maximum Gasteiger partial charge on any atom is 0.318 e. The normalized spacial score (nSPS) is 18.4. The molecular formula is C25H34FN3O2. The van der Waals surface area contributed by atoms with Gasteiger partial charge >= 0.3 is 6.03 Å². The highest BCUT2D eigenvalue weighted by molar-refractivity contribution is 5.74. The van der Waals surface area contributed by atoms with Gasteiger partial charge < -0.3 is 19.9 Å². The van der Waals surface area contributed by atoms with Crippen LogP contribution in [0.5, 0.6) is 5.75 Å². The molecule has 0 bridgehead atoms. The highest BCUT2D eigenvalue weighted by atomic mass is 19.1. The largest absolute Gasteiger partial charge is 0.493 e. The van der Waals surface area contributed by atoms with Crippen LogP contribution in [-0.4, -0.2) is 48.6 Å². The molecule has 168 valence electrons. The van der Waals surface area contributed by atoms with E-state index in [0.717, 1.165) is 17.0 Å². The number of piperidine rings is 1. The Bertz CT molecular complexity index is 1080. The average Bonchev–Trinajstić information content (AvgIpc) is 2.84. The Labute approximate surface area is 193 Å². The third kappa shape index (κ3) is 7.24. The summed E-state index contributed by atoms with van der Waals surface area (Å²) in [6, 6.07) is 2.40. The van der Waals surface area contributed by atoms with Crippen LogP contribution in [0.15, 0.2) is 48.4 Å². The molecule has 0 atom stereocenters. The van der Waals surface area contributed by atoms with Crippen LogP contribution >= 0.6 is 0 Å². The Balaban J connectivity index is 1.89. The summed E-state index contributed by atoms with van der Waals surface area (Å²) in [4.78, 5) is 16.7. The number of nitrogens with zero attached hydrogens (tertiary/aromatic N) is 2. The van der Waals surface area contributed by atoms with Gasteiger partial charge in [-0.15, -0.1) is 0 Å². The molecule has 1 aliphatic rings. The molecule has 0 saturated carbocycles. The first-order valence-electron chi connectivity index (χ1n) is 13.6. The van der Waals surface area contributed by atoms with Gasteiger partial charge in [-0.3, -0.25) is 0 Å². The summed E-state index contributed by atoms with van der Waals surface area (Å²) in [6.07, 6.45) is 1.07. The standard InChI is InChI=1S/C25H34FN3O2/c1-19(2)18-31-24-10-6-20(7-11-24)16-27-25(30)29(23-12-14-28(3)15-13-23)17-21-4-8-22(26)9-5-21/h4-11,19,23H,12-18H2,1-3H3,(H,27,30)/i6D,7D,10D,11D,17D2. The van der Waals surface area contributed by atoms with Crippen molar-refractivity contribution in [1.29, 1.82) is 0 Å². The van der Waals surface area contributed by atoms with E-state index in [2.05, 4.69) is 10.2 Å². The Morgan fingerprint density at radius 1 is 1.23 bits per heavy atom. The van der Waals surface area contributed by atoms with Crippen LogP contribution in [-0.2, 0) is 13.0 Å². The van der Waals surface area contributed by atoms with Crippen molar-refractivity contribution in [2.24, 2.45) is 5.92 Å². The topological polar surface area (TPSA) is 44.8 Å². The van der Waals surface area contributed by atoms with E-state index in [4.69, 9.17) is 13.0 Å². The number of likely N-dealkylation sites (tertiary alicyclic amines) is 1. The van der Waals surface area contributed by atoms with Gasteiger partial charge in [0.15, 0.2) is 0 Å². The predicted octanol–water partition coefficient (Wildman–Crippen LogP) is 4.67. The van der Waals surface area contributed by atoms with E-state index in [1.54, 1.807) is 0 Å². The molecule has 0 aliphatic carbocycles. The van der Waals surface area contributed by atoms with Crippen molar-refractivity contribution >= 4 is 6.03 Å². The van der Waals surface area contributed by atoms with E-state index in [0.29, 0.717) is 25.9 Å². The van der Waals surface area contributed by atoms with Crippen molar-refractivity contribution in [2.75, 3.05) is 26.7 Å². The van der Waals surface area contributed by atoms with E-state index >= 15 is 0 Å². The number of carbonyl (C=O) groups is 1. The molecule has 2 aromatic rings. The molecule has 3 rings (SSSR count). The number of carbonyl (C=O) groups excluding carboxylic acids is 1. The van der Waals surface area contributed by atoms with Gasteiger partial charge in [-0.25, -0.2) is 9.18 Å². The van der Waals surface area contributed by atoms with E-state index in [1.165, 1.54) is 12.1 Å². The molecule has 2 aromatic carbocycles. The van der Waals surface area contributed by atoms with Crippen molar-refractivity contribution < 1.29 is 22.1 Å². The molecular weight excluding hydrogens is 393 g/mol. The van der Waals surface area contributed by atoms with Crippen LogP contribution < -0.4 is 10.1 Å². The van der Waals surface area contributed by atoms with E-state index < -0.39 is 24.4 Å². The van der Waals surface area contributed by atoms with Gasteiger partial charge in [0.1, 0.15) is 11.6 Å². The number of urea groups is 1. The van der Waals surface area contributed by atoms with Gasteiger partial charge in [0.25, 0.3) is 0 Å². The molecule has 6 heteroatoms. The monoisotopic (exact) mass is 433 g/mol. The number of ether oxygens (including phenoxy) is 1. The van der Waals surface area contributed by atoms with Gasteiger partial charge in [0.05, 0.1) is 14.8 Å². The Morgan fingerprint density at radius 2 is 1.87 bits per heavy atom. The minimum absolute atomic E-state index is 0.0223. The van der Waals surface area contributed by atoms with Crippen molar-refractivity contribution in [3.8, 4) is 5.75 Å². The van der Waals surface area contributed by atoms with Crippen LogP contribution in [0.2, 0.25) is 0 Å². The molecule has 5 nitrogen and oxygen atoms in total. The minimum atomic E-state index is -2.26. The summed E-state index contributed by atoms with van der Waals surface area (Å²) in [6.45, 7) is 2.79. The summed E-state index contributed by atoms with van der Waals surface area (Å²) in [7, 11) is 1.95. The molecule has 0 unspecified atom stereocenters. The second kappa shape index (κ2) is 11.1. The molecule has 1 saturated heterocycles. The summed E-state index contributed by atoms with van der Waals surface area (Å²) in [5.41, 5.74) is 0.102. The number of benzene rings is 2. The highest BCUT2D eigenvalue weighted by Gasteiger charge is 2.27. The number of amides is 2. The first-order chi connectivity index (χ1) is 17.3. The molecule has 0 spiro atoms. The van der Waals surface area contributed by atoms with Gasteiger partial charge in [-0.1, -0.05) is 38.1 Å². The summed E-state index contributed by atoms with van der Waals surface area (Å²) < 4.78 is 69.8. The summed E-state index contributed by atoms with van der Waals surface area (Å²) in [5.74, 6) is -0.527. The van der Waals surface area contributed by atoms with Crippen LogP contribution in [0.25, 0.3) is 0 Å². The molecule has 0 aromatic heterocycles. The quantitative estimate of drug-likeness (QED) is 0.658. The fourth-order valence-corrected chi connectivity index (χ4v) is 3.21. The van der Waals surface area contributed by atoms with Gasteiger partial charge in [0.2, 0.25) is 0 Å². The van der Waals surface area contributed by atoms with Crippen LogP contribution in [0.1, 0.15) is 46.0 Å². The molecule has 31 heavy (non-hydrogen) atoms. The number of rotatable bonds is 8. The number of halogens is 1. The molecule has 2 amide bonds. The van der Waals surface area contributed by atoms with Crippen molar-refractivity contribution in [3.63, 3.8) is 0 Å². The van der Waals surface area contributed by atoms with E-state index in [9.17, 15) is 9.18 Å². The van der Waals surface area contributed by atoms with Gasteiger partial charge in [0, 0.05) is 19.1 Å². The Kier molecular flexibility index (Phi) is 5.78. The first kappa shape index (κ1) is 16.1. The zero-order valence-corrected chi connectivity index (χ0v) is 18.3.